The molecular weight excluding hydrogens is 472 g/mol. The van der Waals surface area contributed by atoms with Crippen LogP contribution >= 0.6 is 11.3 Å². The Labute approximate surface area is 187 Å². The smallest absolute Gasteiger partial charge is 0.324 e. The monoisotopic (exact) mass is 487 g/mol. The Morgan fingerprint density at radius 2 is 1.67 bits per heavy atom. The molecule has 0 radical (unpaired) electrons. The summed E-state index contributed by atoms with van der Waals surface area (Å²) in [6.45, 7) is -0.0288. The van der Waals surface area contributed by atoms with Crippen LogP contribution in [0.3, 0.4) is 0 Å². The van der Waals surface area contributed by atoms with Gasteiger partial charge in [0.1, 0.15) is 6.67 Å². The normalized spacial score (nSPS) is 14.8. The number of fused-ring (bicyclic) bond motifs is 1. The predicted octanol–water partition coefficient (Wildman–Crippen LogP) is 5.56. The Morgan fingerprint density at radius 1 is 1.03 bits per heavy atom. The lowest BCUT2D eigenvalue weighted by atomic mass is 10.0. The molecule has 2 heterocycles. The van der Waals surface area contributed by atoms with E-state index in [9.17, 15) is 35.9 Å². The third-order valence-electron chi connectivity index (χ3n) is 5.08. The molecule has 1 aromatic heterocycles. The molecule has 1 aliphatic heterocycles. The first-order chi connectivity index (χ1) is 15.4. The molecule has 2 amide bonds. The Hall–Kier alpha value is -3.15. The van der Waals surface area contributed by atoms with Crippen LogP contribution in [-0.4, -0.2) is 34.9 Å². The average Bonchev–Trinajstić information content (AvgIpc) is 3.35. The van der Waals surface area contributed by atoms with Gasteiger partial charge >= 0.3 is 12.4 Å². The minimum atomic E-state index is -5.10. The van der Waals surface area contributed by atoms with Crippen LogP contribution in [-0.2, 0) is 17.1 Å². The van der Waals surface area contributed by atoms with Gasteiger partial charge in [-0.1, -0.05) is 23.5 Å². The summed E-state index contributed by atoms with van der Waals surface area (Å²) in [6.07, 6.45) is -9.42. The number of anilines is 1. The zero-order valence-corrected chi connectivity index (χ0v) is 17.5. The second-order valence-electron chi connectivity index (χ2n) is 7.39. The summed E-state index contributed by atoms with van der Waals surface area (Å²) in [6, 6.07) is 7.51. The number of para-hydroxylation sites is 1. The summed E-state index contributed by atoms with van der Waals surface area (Å²) in [5.41, 5.74) is -3.49. The molecule has 5 nitrogen and oxygen atoms in total. The third kappa shape index (κ3) is 4.80. The number of rotatable bonds is 4. The third-order valence-corrected chi connectivity index (χ3v) is 6.14. The molecule has 0 unspecified atom stereocenters. The van der Waals surface area contributed by atoms with Gasteiger partial charge in [0.25, 0.3) is 5.91 Å². The van der Waals surface area contributed by atoms with Crippen molar-refractivity contribution in [2.45, 2.75) is 25.2 Å². The van der Waals surface area contributed by atoms with Crippen LogP contribution in [0.4, 0.5) is 31.5 Å². The van der Waals surface area contributed by atoms with E-state index in [0.717, 1.165) is 16.2 Å². The van der Waals surface area contributed by atoms with Gasteiger partial charge in [-0.05, 0) is 36.8 Å². The van der Waals surface area contributed by atoms with Crippen molar-refractivity contribution < 1.29 is 35.9 Å². The number of hydrogen-bond donors (Lipinski definition) is 0. The minimum Gasteiger partial charge on any atom is -0.324 e. The highest BCUT2D eigenvalue weighted by Crippen LogP contribution is 2.37. The molecule has 1 saturated heterocycles. The van der Waals surface area contributed by atoms with E-state index in [2.05, 4.69) is 4.98 Å². The number of halogens is 6. The number of carbonyl (C=O) groups is 2. The zero-order valence-electron chi connectivity index (χ0n) is 16.7. The summed E-state index contributed by atoms with van der Waals surface area (Å²) >= 11 is 1.04. The maximum atomic E-state index is 13.3. The second-order valence-corrected chi connectivity index (χ2v) is 8.40. The summed E-state index contributed by atoms with van der Waals surface area (Å²) in [7, 11) is 0. The van der Waals surface area contributed by atoms with Crippen molar-refractivity contribution in [1.29, 1.82) is 0 Å². The van der Waals surface area contributed by atoms with Crippen molar-refractivity contribution >= 4 is 38.5 Å². The molecule has 0 N–H and O–H groups in total. The lowest BCUT2D eigenvalue weighted by molar-refractivity contribution is -0.143. The first-order valence-corrected chi connectivity index (χ1v) is 10.5. The van der Waals surface area contributed by atoms with Crippen molar-refractivity contribution in [3.8, 4) is 0 Å². The Morgan fingerprint density at radius 3 is 2.21 bits per heavy atom. The van der Waals surface area contributed by atoms with E-state index in [-0.39, 0.29) is 30.2 Å². The summed E-state index contributed by atoms with van der Waals surface area (Å²) < 4.78 is 80.4. The number of hydrogen-bond acceptors (Lipinski definition) is 4. The molecule has 0 aliphatic carbocycles. The van der Waals surface area contributed by atoms with E-state index in [4.69, 9.17) is 0 Å². The Bertz CT molecular complexity index is 1160. The number of nitrogens with zero attached hydrogens (tertiary/aromatic N) is 3. The minimum absolute atomic E-state index is 0.0389. The Kier molecular flexibility index (Phi) is 5.81. The van der Waals surface area contributed by atoms with Crippen molar-refractivity contribution in [1.82, 2.24) is 9.88 Å². The number of aromatic nitrogens is 1. The standard InChI is InChI=1S/C21H15F6N3O2S/c22-20(23,24)13-8-12(9-14(10-13)21(25,26)27)18(32)30(11-29-7-3-6-17(29)31)19-28-15-4-1-2-5-16(15)33-19/h1-2,4-5,8-10H,3,6-7,11H2. The van der Waals surface area contributed by atoms with Crippen molar-refractivity contribution in [2.75, 3.05) is 18.1 Å². The van der Waals surface area contributed by atoms with E-state index in [1.165, 1.54) is 4.90 Å². The zero-order chi connectivity index (χ0) is 24.0. The topological polar surface area (TPSA) is 53.5 Å². The molecule has 0 bridgehead atoms. The fourth-order valence-corrected chi connectivity index (χ4v) is 4.40. The largest absolute Gasteiger partial charge is 0.416 e. The fraction of sp³-hybridized carbons (Fsp3) is 0.286. The van der Waals surface area contributed by atoms with Crippen LogP contribution < -0.4 is 4.90 Å². The molecule has 1 fully saturated rings. The number of amides is 2. The van der Waals surface area contributed by atoms with E-state index < -0.39 is 35.0 Å². The lowest BCUT2D eigenvalue weighted by Gasteiger charge is -2.26. The highest BCUT2D eigenvalue weighted by molar-refractivity contribution is 7.22. The molecule has 3 aromatic rings. The van der Waals surface area contributed by atoms with Gasteiger partial charge in [-0.3, -0.25) is 14.5 Å². The molecule has 33 heavy (non-hydrogen) atoms. The number of alkyl halides is 6. The number of thiazole rings is 1. The molecule has 12 heteroatoms. The predicted molar refractivity (Wildman–Crippen MR) is 109 cm³/mol. The van der Waals surface area contributed by atoms with E-state index in [1.54, 1.807) is 24.3 Å². The quantitative estimate of drug-likeness (QED) is 0.453. The SMILES string of the molecule is O=C1CCCN1CN(C(=O)c1cc(C(F)(F)F)cc(C(F)(F)F)c1)c1nc2ccccc2s1. The average molecular weight is 487 g/mol. The number of benzene rings is 2. The highest BCUT2D eigenvalue weighted by atomic mass is 32.1. The first kappa shape index (κ1) is 23.0. The number of carbonyl (C=O) groups excluding carboxylic acids is 2. The molecule has 2 aromatic carbocycles. The molecule has 0 atom stereocenters. The van der Waals surface area contributed by atoms with Gasteiger partial charge in [-0.25, -0.2) is 4.98 Å². The van der Waals surface area contributed by atoms with Gasteiger partial charge in [0.2, 0.25) is 5.91 Å². The van der Waals surface area contributed by atoms with Gasteiger partial charge in [0, 0.05) is 18.5 Å². The summed E-state index contributed by atoms with van der Waals surface area (Å²) in [5.74, 6) is -1.39. The molecule has 1 aliphatic rings. The van der Waals surface area contributed by atoms with Crippen LogP contribution in [0.25, 0.3) is 10.2 Å². The van der Waals surface area contributed by atoms with Gasteiger partial charge in [0.05, 0.1) is 21.3 Å². The van der Waals surface area contributed by atoms with Crippen molar-refractivity contribution in [3.63, 3.8) is 0 Å². The van der Waals surface area contributed by atoms with Gasteiger partial charge in [-0.2, -0.15) is 26.3 Å². The van der Waals surface area contributed by atoms with Crippen LogP contribution in [0.5, 0.6) is 0 Å². The number of likely N-dealkylation sites (tertiary alicyclic amines) is 1. The molecule has 4 rings (SSSR count). The lowest BCUT2D eigenvalue weighted by Crippen LogP contribution is -2.42. The second kappa shape index (κ2) is 8.32. The summed E-state index contributed by atoms with van der Waals surface area (Å²) in [4.78, 5) is 32.0. The Balaban J connectivity index is 1.81. The molecule has 174 valence electrons. The van der Waals surface area contributed by atoms with Gasteiger partial charge in [0.15, 0.2) is 5.13 Å². The van der Waals surface area contributed by atoms with E-state index >= 15 is 0 Å². The van der Waals surface area contributed by atoms with E-state index in [1.807, 2.05) is 0 Å². The maximum absolute atomic E-state index is 13.3. The van der Waals surface area contributed by atoms with Crippen LogP contribution in [0.15, 0.2) is 42.5 Å². The summed E-state index contributed by atoms with van der Waals surface area (Å²) in [5, 5.41) is 0.0619. The molecule has 0 saturated carbocycles. The first-order valence-electron chi connectivity index (χ1n) is 9.68. The molecular formula is C21H15F6N3O2S. The van der Waals surface area contributed by atoms with Crippen LogP contribution in [0.2, 0.25) is 0 Å². The highest BCUT2D eigenvalue weighted by Gasteiger charge is 2.38. The van der Waals surface area contributed by atoms with Crippen LogP contribution in [0, 0.1) is 0 Å². The van der Waals surface area contributed by atoms with Crippen LogP contribution in [0.1, 0.15) is 34.3 Å². The van der Waals surface area contributed by atoms with Crippen molar-refractivity contribution in [3.05, 3.63) is 59.2 Å². The molecule has 0 spiro atoms. The van der Waals surface area contributed by atoms with Gasteiger partial charge < -0.3 is 4.90 Å². The van der Waals surface area contributed by atoms with Gasteiger partial charge in [-0.15, -0.1) is 0 Å². The fourth-order valence-electron chi connectivity index (χ4n) is 3.45. The maximum Gasteiger partial charge on any atom is 0.416 e. The van der Waals surface area contributed by atoms with E-state index in [0.29, 0.717) is 35.3 Å². The van der Waals surface area contributed by atoms with Crippen molar-refractivity contribution in [2.24, 2.45) is 0 Å².